The Morgan fingerprint density at radius 3 is 2.57 bits per heavy atom. The van der Waals surface area contributed by atoms with E-state index in [1.807, 2.05) is 39.0 Å². The van der Waals surface area contributed by atoms with Crippen molar-refractivity contribution in [2.75, 3.05) is 13.7 Å². The van der Waals surface area contributed by atoms with Crippen LogP contribution in [0, 0.1) is 5.92 Å². The predicted molar refractivity (Wildman–Crippen MR) is 120 cm³/mol. The minimum absolute atomic E-state index is 0. The van der Waals surface area contributed by atoms with E-state index in [4.69, 9.17) is 9.26 Å². The highest BCUT2D eigenvalue weighted by Crippen LogP contribution is 2.30. The highest BCUT2D eigenvalue weighted by Gasteiger charge is 2.23. The molecule has 28 heavy (non-hydrogen) atoms. The molecule has 7 nitrogen and oxygen atoms in total. The summed E-state index contributed by atoms with van der Waals surface area (Å²) in [6.45, 7) is 8.00. The molecule has 1 aromatic heterocycles. The number of aliphatic imine (C=N–C) groups is 1. The third kappa shape index (κ3) is 6.65. The maximum atomic E-state index is 5.96. The lowest BCUT2D eigenvalue weighted by molar-refractivity contribution is 0.296. The van der Waals surface area contributed by atoms with E-state index in [0.29, 0.717) is 30.8 Å². The van der Waals surface area contributed by atoms with Crippen LogP contribution >= 0.6 is 24.0 Å². The van der Waals surface area contributed by atoms with E-state index in [0.717, 1.165) is 23.8 Å². The summed E-state index contributed by atoms with van der Waals surface area (Å²) in [4.78, 5) is 8.68. The van der Waals surface area contributed by atoms with Crippen molar-refractivity contribution in [2.24, 2.45) is 10.9 Å². The minimum atomic E-state index is -0.157. The van der Waals surface area contributed by atoms with Gasteiger partial charge < -0.3 is 19.9 Å². The zero-order chi connectivity index (χ0) is 19.3. The number of guanidine groups is 1. The predicted octanol–water partition coefficient (Wildman–Crippen LogP) is 3.64. The fraction of sp³-hybridized carbons (Fsp3) is 0.550. The number of nitrogens with one attached hydrogen (secondary N) is 2. The minimum Gasteiger partial charge on any atom is -0.493 e. The molecular formula is C20H30IN5O2. The lowest BCUT2D eigenvalue weighted by Gasteiger charge is -2.14. The molecule has 1 fully saturated rings. The van der Waals surface area contributed by atoms with Gasteiger partial charge in [-0.05, 0) is 24.8 Å². The molecule has 1 aromatic carbocycles. The van der Waals surface area contributed by atoms with Gasteiger partial charge in [0.05, 0.1) is 13.2 Å². The molecule has 2 aromatic rings. The summed E-state index contributed by atoms with van der Waals surface area (Å²) in [7, 11) is 1.74. The molecule has 154 valence electrons. The first-order chi connectivity index (χ1) is 13.0. The summed E-state index contributed by atoms with van der Waals surface area (Å²) in [6, 6.07) is 8.10. The van der Waals surface area contributed by atoms with Crippen LogP contribution in [-0.2, 0) is 18.5 Å². The third-order valence-electron chi connectivity index (χ3n) is 4.34. The first kappa shape index (κ1) is 22.4. The van der Waals surface area contributed by atoms with E-state index in [-0.39, 0.29) is 29.4 Å². The average Bonchev–Trinajstić information content (AvgIpc) is 3.34. The van der Waals surface area contributed by atoms with E-state index in [9.17, 15) is 0 Å². The van der Waals surface area contributed by atoms with Gasteiger partial charge in [0.2, 0.25) is 5.89 Å². The lowest BCUT2D eigenvalue weighted by atomic mass is 9.97. The second-order valence-electron chi connectivity index (χ2n) is 7.91. The molecule has 0 aliphatic heterocycles. The van der Waals surface area contributed by atoms with Crippen molar-refractivity contribution in [3.63, 3.8) is 0 Å². The SMILES string of the molecule is CN=C(NCc1noc(C(C)(C)C)n1)NCc1ccccc1OCC1CC1.I. The molecular weight excluding hydrogens is 469 g/mol. The first-order valence-corrected chi connectivity index (χ1v) is 9.44. The maximum absolute atomic E-state index is 5.96. The van der Waals surface area contributed by atoms with E-state index in [1.165, 1.54) is 12.8 Å². The monoisotopic (exact) mass is 499 g/mol. The molecule has 1 aliphatic carbocycles. The maximum Gasteiger partial charge on any atom is 0.232 e. The molecule has 1 heterocycles. The van der Waals surface area contributed by atoms with Crippen molar-refractivity contribution >= 4 is 29.9 Å². The average molecular weight is 499 g/mol. The van der Waals surface area contributed by atoms with Gasteiger partial charge in [0, 0.05) is 24.6 Å². The summed E-state index contributed by atoms with van der Waals surface area (Å²) in [5.41, 5.74) is 0.950. The van der Waals surface area contributed by atoms with E-state index < -0.39 is 0 Å². The van der Waals surface area contributed by atoms with Gasteiger partial charge in [0.1, 0.15) is 5.75 Å². The molecule has 2 N–H and O–H groups in total. The van der Waals surface area contributed by atoms with Crippen LogP contribution in [0.25, 0.3) is 0 Å². The Kier molecular flexibility index (Phi) is 8.09. The summed E-state index contributed by atoms with van der Waals surface area (Å²) >= 11 is 0. The number of hydrogen-bond donors (Lipinski definition) is 2. The van der Waals surface area contributed by atoms with Gasteiger partial charge in [0.15, 0.2) is 11.8 Å². The Balaban J connectivity index is 0.00000280. The third-order valence-corrected chi connectivity index (χ3v) is 4.34. The standard InChI is InChI=1S/C20H29N5O2.HI/c1-20(2,3)18-24-17(25-27-18)12-23-19(21-4)22-11-15-7-5-6-8-16(15)26-13-14-9-10-14;/h5-8,14H,9-13H2,1-4H3,(H2,21,22,23);1H. The van der Waals surface area contributed by atoms with Gasteiger partial charge in [-0.2, -0.15) is 4.98 Å². The van der Waals surface area contributed by atoms with Gasteiger partial charge in [-0.25, -0.2) is 0 Å². The number of benzene rings is 1. The number of ether oxygens (including phenoxy) is 1. The van der Waals surface area contributed by atoms with Crippen LogP contribution in [0.1, 0.15) is 50.9 Å². The quantitative estimate of drug-likeness (QED) is 0.344. The number of halogens is 1. The Labute approximate surface area is 183 Å². The molecule has 0 unspecified atom stereocenters. The second kappa shape index (κ2) is 10.1. The van der Waals surface area contributed by atoms with Crippen molar-refractivity contribution in [2.45, 2.75) is 52.1 Å². The molecule has 0 amide bonds. The number of aromatic nitrogens is 2. The van der Waals surface area contributed by atoms with E-state index in [2.05, 4.69) is 31.8 Å². The zero-order valence-corrected chi connectivity index (χ0v) is 19.3. The molecule has 1 saturated carbocycles. The van der Waals surface area contributed by atoms with Crippen molar-refractivity contribution in [1.82, 2.24) is 20.8 Å². The number of rotatable bonds is 7. The van der Waals surface area contributed by atoms with Crippen LogP contribution in [0.4, 0.5) is 0 Å². The van der Waals surface area contributed by atoms with Crippen molar-refractivity contribution in [1.29, 1.82) is 0 Å². The number of hydrogen-bond acceptors (Lipinski definition) is 5. The van der Waals surface area contributed by atoms with Crippen LogP contribution in [0.5, 0.6) is 5.75 Å². The lowest BCUT2D eigenvalue weighted by Crippen LogP contribution is -2.36. The van der Waals surface area contributed by atoms with Gasteiger partial charge in [-0.3, -0.25) is 4.99 Å². The fourth-order valence-corrected chi connectivity index (χ4v) is 2.48. The summed E-state index contributed by atoms with van der Waals surface area (Å²) in [5.74, 6) is 3.57. The smallest absolute Gasteiger partial charge is 0.232 e. The largest absolute Gasteiger partial charge is 0.493 e. The molecule has 0 radical (unpaired) electrons. The highest BCUT2D eigenvalue weighted by atomic mass is 127. The van der Waals surface area contributed by atoms with E-state index in [1.54, 1.807) is 7.05 Å². The van der Waals surface area contributed by atoms with Crippen molar-refractivity contribution < 1.29 is 9.26 Å². The van der Waals surface area contributed by atoms with Gasteiger partial charge in [-0.15, -0.1) is 24.0 Å². The zero-order valence-electron chi connectivity index (χ0n) is 17.0. The van der Waals surface area contributed by atoms with Crippen LogP contribution in [0.3, 0.4) is 0 Å². The summed E-state index contributed by atoms with van der Waals surface area (Å²) in [6.07, 6.45) is 2.56. The molecule has 0 spiro atoms. The van der Waals surface area contributed by atoms with Crippen LogP contribution in [-0.4, -0.2) is 29.8 Å². The van der Waals surface area contributed by atoms with Gasteiger partial charge in [-0.1, -0.05) is 44.1 Å². The molecule has 8 heteroatoms. The summed E-state index contributed by atoms with van der Waals surface area (Å²) in [5, 5.41) is 10.5. The van der Waals surface area contributed by atoms with Crippen molar-refractivity contribution in [3.8, 4) is 5.75 Å². The Hall–Kier alpha value is -1.84. The molecule has 0 bridgehead atoms. The molecule has 3 rings (SSSR count). The Morgan fingerprint density at radius 1 is 1.21 bits per heavy atom. The van der Waals surface area contributed by atoms with Crippen LogP contribution < -0.4 is 15.4 Å². The Morgan fingerprint density at radius 2 is 1.93 bits per heavy atom. The Bertz CT molecular complexity index is 781. The normalized spacial score (nSPS) is 14.4. The summed E-state index contributed by atoms with van der Waals surface area (Å²) < 4.78 is 11.3. The van der Waals surface area contributed by atoms with Crippen LogP contribution in [0.2, 0.25) is 0 Å². The van der Waals surface area contributed by atoms with E-state index >= 15 is 0 Å². The van der Waals surface area contributed by atoms with Gasteiger partial charge in [0.25, 0.3) is 0 Å². The number of para-hydroxylation sites is 1. The second-order valence-corrected chi connectivity index (χ2v) is 7.91. The van der Waals surface area contributed by atoms with Crippen LogP contribution in [0.15, 0.2) is 33.8 Å². The molecule has 1 aliphatic rings. The fourth-order valence-electron chi connectivity index (χ4n) is 2.48. The first-order valence-electron chi connectivity index (χ1n) is 9.44. The number of nitrogens with zero attached hydrogens (tertiary/aromatic N) is 3. The highest BCUT2D eigenvalue weighted by molar-refractivity contribution is 14.0. The topological polar surface area (TPSA) is 84.6 Å². The van der Waals surface area contributed by atoms with Crippen molar-refractivity contribution in [3.05, 3.63) is 41.5 Å². The van der Waals surface area contributed by atoms with Gasteiger partial charge >= 0.3 is 0 Å². The molecule has 0 atom stereocenters. The molecule has 0 saturated heterocycles.